The van der Waals surface area contributed by atoms with Gasteiger partial charge in [-0.05, 0) is 18.1 Å². The largest absolute Gasteiger partial charge is 0.481 e. The van der Waals surface area contributed by atoms with Crippen molar-refractivity contribution in [2.24, 2.45) is 0 Å². The minimum Gasteiger partial charge on any atom is -0.481 e. The molecule has 0 heterocycles. The SMILES string of the molecule is Cc1ccccc1C(CC(=O)O)C(=O)O. The van der Waals surface area contributed by atoms with Crippen LogP contribution in [0.15, 0.2) is 24.3 Å². The van der Waals surface area contributed by atoms with Crippen LogP contribution in [-0.4, -0.2) is 22.2 Å². The van der Waals surface area contributed by atoms with Crippen molar-refractivity contribution in [2.75, 3.05) is 0 Å². The summed E-state index contributed by atoms with van der Waals surface area (Å²) in [5, 5.41) is 17.6. The second kappa shape index (κ2) is 4.59. The summed E-state index contributed by atoms with van der Waals surface area (Å²) in [5.74, 6) is -3.18. The van der Waals surface area contributed by atoms with Gasteiger partial charge in [0.15, 0.2) is 0 Å². The fourth-order valence-electron chi connectivity index (χ4n) is 1.48. The molecule has 4 nitrogen and oxygen atoms in total. The third-order valence-electron chi connectivity index (χ3n) is 2.24. The van der Waals surface area contributed by atoms with E-state index < -0.39 is 17.9 Å². The van der Waals surface area contributed by atoms with Crippen LogP contribution in [-0.2, 0) is 9.59 Å². The first-order valence-corrected chi connectivity index (χ1v) is 4.52. The zero-order chi connectivity index (χ0) is 11.4. The number of rotatable bonds is 4. The zero-order valence-corrected chi connectivity index (χ0v) is 8.30. The van der Waals surface area contributed by atoms with E-state index in [0.717, 1.165) is 5.56 Å². The Morgan fingerprint density at radius 1 is 1.27 bits per heavy atom. The molecule has 1 aromatic carbocycles. The highest BCUT2D eigenvalue weighted by Crippen LogP contribution is 2.23. The molecule has 0 fully saturated rings. The summed E-state index contributed by atoms with van der Waals surface area (Å²) in [7, 11) is 0. The van der Waals surface area contributed by atoms with E-state index in [2.05, 4.69) is 0 Å². The lowest BCUT2D eigenvalue weighted by Crippen LogP contribution is -2.16. The van der Waals surface area contributed by atoms with E-state index >= 15 is 0 Å². The normalized spacial score (nSPS) is 12.1. The molecule has 0 spiro atoms. The van der Waals surface area contributed by atoms with Gasteiger partial charge >= 0.3 is 11.9 Å². The fourth-order valence-corrected chi connectivity index (χ4v) is 1.48. The minimum atomic E-state index is -1.11. The Morgan fingerprint density at radius 2 is 1.87 bits per heavy atom. The number of benzene rings is 1. The maximum Gasteiger partial charge on any atom is 0.311 e. The van der Waals surface area contributed by atoms with E-state index in [4.69, 9.17) is 10.2 Å². The van der Waals surface area contributed by atoms with Crippen molar-refractivity contribution >= 4 is 11.9 Å². The van der Waals surface area contributed by atoms with Gasteiger partial charge in [-0.25, -0.2) is 0 Å². The maximum absolute atomic E-state index is 10.9. The molecule has 0 saturated heterocycles. The fraction of sp³-hybridized carbons (Fsp3) is 0.273. The molecule has 15 heavy (non-hydrogen) atoms. The van der Waals surface area contributed by atoms with Gasteiger partial charge in [-0.3, -0.25) is 9.59 Å². The molecule has 1 unspecified atom stereocenters. The van der Waals surface area contributed by atoms with Gasteiger partial charge in [0.1, 0.15) is 0 Å². The van der Waals surface area contributed by atoms with E-state index in [0.29, 0.717) is 5.56 Å². The average molecular weight is 208 g/mol. The van der Waals surface area contributed by atoms with Crippen LogP contribution in [0.3, 0.4) is 0 Å². The molecule has 0 aliphatic heterocycles. The topological polar surface area (TPSA) is 74.6 Å². The van der Waals surface area contributed by atoms with E-state index in [1.807, 2.05) is 0 Å². The summed E-state index contributed by atoms with van der Waals surface area (Å²) in [6.07, 6.45) is -0.389. The van der Waals surface area contributed by atoms with Crippen molar-refractivity contribution in [1.29, 1.82) is 0 Å². The molecule has 0 bridgehead atoms. The van der Waals surface area contributed by atoms with Crippen LogP contribution in [0.25, 0.3) is 0 Å². The first-order chi connectivity index (χ1) is 7.02. The molecule has 1 aromatic rings. The molecule has 0 aliphatic carbocycles. The maximum atomic E-state index is 10.9. The van der Waals surface area contributed by atoms with E-state index in [1.54, 1.807) is 31.2 Å². The quantitative estimate of drug-likeness (QED) is 0.788. The molecular formula is C11H12O4. The number of hydrogen-bond acceptors (Lipinski definition) is 2. The number of carbonyl (C=O) groups is 2. The van der Waals surface area contributed by atoms with Gasteiger partial charge in [-0.15, -0.1) is 0 Å². The highest BCUT2D eigenvalue weighted by molar-refractivity contribution is 5.82. The van der Waals surface area contributed by atoms with Crippen molar-refractivity contribution in [3.8, 4) is 0 Å². The third-order valence-corrected chi connectivity index (χ3v) is 2.24. The lowest BCUT2D eigenvalue weighted by molar-refractivity contribution is -0.145. The lowest BCUT2D eigenvalue weighted by atomic mass is 9.92. The van der Waals surface area contributed by atoms with Gasteiger partial charge in [0.25, 0.3) is 0 Å². The molecule has 4 heteroatoms. The number of aryl methyl sites for hydroxylation is 1. The Bertz CT molecular complexity index is 384. The van der Waals surface area contributed by atoms with Crippen LogP contribution < -0.4 is 0 Å². The Labute approximate surface area is 87.2 Å². The van der Waals surface area contributed by atoms with Crippen molar-refractivity contribution < 1.29 is 19.8 Å². The average Bonchev–Trinajstić information content (AvgIpc) is 2.15. The van der Waals surface area contributed by atoms with Crippen molar-refractivity contribution in [1.82, 2.24) is 0 Å². The predicted molar refractivity (Wildman–Crippen MR) is 53.8 cm³/mol. The Morgan fingerprint density at radius 3 is 2.33 bits per heavy atom. The number of aliphatic carboxylic acids is 2. The smallest absolute Gasteiger partial charge is 0.311 e. The van der Waals surface area contributed by atoms with Crippen LogP contribution in [0, 0.1) is 6.92 Å². The molecule has 1 rings (SSSR count). The Kier molecular flexibility index (Phi) is 3.44. The molecular weight excluding hydrogens is 196 g/mol. The number of carboxylic acid groups (broad SMARTS) is 2. The van der Waals surface area contributed by atoms with E-state index in [1.165, 1.54) is 0 Å². The Hall–Kier alpha value is -1.84. The molecule has 1 atom stereocenters. The molecule has 0 amide bonds. The first-order valence-electron chi connectivity index (χ1n) is 4.52. The Balaban J connectivity index is 3.04. The van der Waals surface area contributed by atoms with Crippen LogP contribution in [0.4, 0.5) is 0 Å². The summed E-state index contributed by atoms with van der Waals surface area (Å²) in [6.45, 7) is 1.77. The summed E-state index contributed by atoms with van der Waals surface area (Å²) in [4.78, 5) is 21.5. The van der Waals surface area contributed by atoms with Crippen molar-refractivity contribution in [2.45, 2.75) is 19.3 Å². The second-order valence-electron chi connectivity index (χ2n) is 3.35. The van der Waals surface area contributed by atoms with Gasteiger partial charge in [-0.1, -0.05) is 24.3 Å². The summed E-state index contributed by atoms with van der Waals surface area (Å²) >= 11 is 0. The highest BCUT2D eigenvalue weighted by atomic mass is 16.4. The second-order valence-corrected chi connectivity index (χ2v) is 3.35. The van der Waals surface area contributed by atoms with Gasteiger partial charge in [0.05, 0.1) is 12.3 Å². The predicted octanol–water partition coefficient (Wildman–Crippen LogP) is 1.64. The minimum absolute atomic E-state index is 0.389. The van der Waals surface area contributed by atoms with Crippen LogP contribution >= 0.6 is 0 Å². The van der Waals surface area contributed by atoms with Gasteiger partial charge in [0.2, 0.25) is 0 Å². The standard InChI is InChI=1S/C11H12O4/c1-7-4-2-3-5-8(7)9(11(14)15)6-10(12)13/h2-5,9H,6H2,1H3,(H,12,13)(H,14,15). The van der Waals surface area contributed by atoms with Crippen LogP contribution in [0.2, 0.25) is 0 Å². The van der Waals surface area contributed by atoms with Crippen LogP contribution in [0.1, 0.15) is 23.5 Å². The van der Waals surface area contributed by atoms with E-state index in [9.17, 15) is 9.59 Å². The first kappa shape index (κ1) is 11.2. The van der Waals surface area contributed by atoms with Gasteiger partial charge in [0, 0.05) is 0 Å². The van der Waals surface area contributed by atoms with Crippen LogP contribution in [0.5, 0.6) is 0 Å². The number of carboxylic acids is 2. The van der Waals surface area contributed by atoms with Gasteiger partial charge in [-0.2, -0.15) is 0 Å². The summed E-state index contributed by atoms with van der Waals surface area (Å²) in [6, 6.07) is 6.92. The molecule has 0 radical (unpaired) electrons. The third kappa shape index (κ3) is 2.80. The summed E-state index contributed by atoms with van der Waals surface area (Å²) in [5.41, 5.74) is 1.36. The van der Waals surface area contributed by atoms with Crippen molar-refractivity contribution in [3.63, 3.8) is 0 Å². The summed E-state index contributed by atoms with van der Waals surface area (Å²) < 4.78 is 0. The van der Waals surface area contributed by atoms with Crippen molar-refractivity contribution in [3.05, 3.63) is 35.4 Å². The zero-order valence-electron chi connectivity index (χ0n) is 8.30. The molecule has 80 valence electrons. The monoisotopic (exact) mass is 208 g/mol. The van der Waals surface area contributed by atoms with Gasteiger partial charge < -0.3 is 10.2 Å². The highest BCUT2D eigenvalue weighted by Gasteiger charge is 2.23. The molecule has 0 aromatic heterocycles. The molecule has 0 aliphatic rings. The lowest BCUT2D eigenvalue weighted by Gasteiger charge is -2.12. The molecule has 0 saturated carbocycles. The van der Waals surface area contributed by atoms with E-state index in [-0.39, 0.29) is 6.42 Å². The molecule has 2 N–H and O–H groups in total. The number of hydrogen-bond donors (Lipinski definition) is 2.